The molecular formula is C30H50O. The molecule has 5 aliphatic rings. The fourth-order valence-electron chi connectivity index (χ4n) is 11.2. The normalized spacial score (nSPS) is 51.0. The number of rotatable bonds is 5. The molecule has 0 aromatic heterocycles. The molecule has 2 spiro atoms. The molecule has 5 aliphatic carbocycles. The van der Waals surface area contributed by atoms with Crippen LogP contribution in [0.3, 0.4) is 0 Å². The third-order valence-electron chi connectivity index (χ3n) is 13.0. The van der Waals surface area contributed by atoms with Crippen molar-refractivity contribution in [1.82, 2.24) is 0 Å². The molecule has 0 aromatic carbocycles. The van der Waals surface area contributed by atoms with E-state index >= 15 is 0 Å². The molecule has 0 N–H and O–H groups in total. The Hall–Kier alpha value is -0.330. The highest BCUT2D eigenvalue weighted by atomic mass is 16.1. The molecule has 1 nitrogen and oxygen atoms in total. The molecule has 176 valence electrons. The Morgan fingerprint density at radius 2 is 1.48 bits per heavy atom. The molecule has 0 bridgehead atoms. The Morgan fingerprint density at radius 3 is 2.19 bits per heavy atom. The summed E-state index contributed by atoms with van der Waals surface area (Å²) >= 11 is 0. The smallest absolute Gasteiger partial charge is 0.138 e. The summed E-state index contributed by atoms with van der Waals surface area (Å²) in [7, 11) is 0. The van der Waals surface area contributed by atoms with Gasteiger partial charge in [-0.2, -0.15) is 0 Å². The Labute approximate surface area is 192 Å². The van der Waals surface area contributed by atoms with Crippen molar-refractivity contribution in [2.75, 3.05) is 0 Å². The van der Waals surface area contributed by atoms with Gasteiger partial charge >= 0.3 is 0 Å². The largest absolute Gasteiger partial charge is 0.299 e. The van der Waals surface area contributed by atoms with Crippen molar-refractivity contribution in [3.05, 3.63) is 0 Å². The van der Waals surface area contributed by atoms with E-state index in [0.717, 1.165) is 30.1 Å². The van der Waals surface area contributed by atoms with Gasteiger partial charge in [-0.3, -0.25) is 4.79 Å². The molecule has 5 rings (SSSR count). The lowest BCUT2D eigenvalue weighted by Crippen LogP contribution is -2.57. The Balaban J connectivity index is 1.39. The van der Waals surface area contributed by atoms with Crippen LogP contribution >= 0.6 is 0 Å². The van der Waals surface area contributed by atoms with Crippen LogP contribution in [0, 0.1) is 56.7 Å². The van der Waals surface area contributed by atoms with Crippen LogP contribution in [0.1, 0.15) is 126 Å². The molecule has 5 fully saturated rings. The van der Waals surface area contributed by atoms with Gasteiger partial charge in [0.05, 0.1) is 0 Å². The third kappa shape index (κ3) is 2.70. The lowest BCUT2D eigenvalue weighted by molar-refractivity contribution is -0.157. The summed E-state index contributed by atoms with van der Waals surface area (Å²) in [6.07, 6.45) is 16.4. The van der Waals surface area contributed by atoms with E-state index in [1.807, 2.05) is 0 Å². The molecule has 0 saturated heterocycles. The first-order chi connectivity index (χ1) is 14.4. The molecule has 0 aliphatic heterocycles. The number of hydrogen-bond donors (Lipinski definition) is 0. The minimum Gasteiger partial charge on any atom is -0.299 e. The monoisotopic (exact) mass is 426 g/mol. The quantitative estimate of drug-likeness (QED) is 0.431. The lowest BCUT2D eigenvalue weighted by atomic mass is 9.42. The van der Waals surface area contributed by atoms with Crippen molar-refractivity contribution in [3.8, 4) is 0 Å². The van der Waals surface area contributed by atoms with E-state index in [4.69, 9.17) is 0 Å². The van der Waals surface area contributed by atoms with Crippen LogP contribution in [0.5, 0.6) is 0 Å². The molecule has 0 heterocycles. The molecule has 31 heavy (non-hydrogen) atoms. The van der Waals surface area contributed by atoms with Gasteiger partial charge in [0, 0.05) is 11.8 Å². The van der Waals surface area contributed by atoms with Gasteiger partial charge in [-0.1, -0.05) is 67.7 Å². The van der Waals surface area contributed by atoms with Gasteiger partial charge in [0.25, 0.3) is 0 Å². The van der Waals surface area contributed by atoms with Gasteiger partial charge in [-0.05, 0) is 103 Å². The summed E-state index contributed by atoms with van der Waals surface area (Å²) in [4.78, 5) is 12.8. The van der Waals surface area contributed by atoms with Crippen molar-refractivity contribution < 1.29 is 4.79 Å². The van der Waals surface area contributed by atoms with E-state index in [9.17, 15) is 4.79 Å². The number of ketones is 1. The summed E-state index contributed by atoms with van der Waals surface area (Å²) in [5, 5.41) is 0. The van der Waals surface area contributed by atoms with Gasteiger partial charge in [0.1, 0.15) is 5.78 Å². The first kappa shape index (κ1) is 22.5. The first-order valence-corrected chi connectivity index (χ1v) is 14.0. The fourth-order valence-corrected chi connectivity index (χ4v) is 11.2. The summed E-state index contributed by atoms with van der Waals surface area (Å²) in [6.45, 7) is 17.4. The molecule has 8 atom stereocenters. The summed E-state index contributed by atoms with van der Waals surface area (Å²) in [5.74, 6) is 4.81. The number of Topliss-reactive ketones (excluding diaryl/α,β-unsaturated/α-hetero) is 1. The van der Waals surface area contributed by atoms with Crippen molar-refractivity contribution in [2.24, 2.45) is 56.7 Å². The second-order valence-electron chi connectivity index (χ2n) is 14.6. The minimum absolute atomic E-state index is 0.0719. The Morgan fingerprint density at radius 1 is 0.806 bits per heavy atom. The van der Waals surface area contributed by atoms with Crippen molar-refractivity contribution in [1.29, 1.82) is 0 Å². The highest BCUT2D eigenvalue weighted by Crippen LogP contribution is 2.88. The number of fused-ring (bicyclic) bond motifs is 2. The molecule has 1 heteroatoms. The van der Waals surface area contributed by atoms with Crippen molar-refractivity contribution >= 4 is 5.78 Å². The van der Waals surface area contributed by atoms with E-state index in [1.54, 1.807) is 0 Å². The van der Waals surface area contributed by atoms with Gasteiger partial charge in [-0.25, -0.2) is 0 Å². The predicted molar refractivity (Wildman–Crippen MR) is 130 cm³/mol. The molecule has 2 unspecified atom stereocenters. The average Bonchev–Trinajstić information content (AvgIpc) is 3.27. The average molecular weight is 427 g/mol. The van der Waals surface area contributed by atoms with Gasteiger partial charge in [0.2, 0.25) is 0 Å². The van der Waals surface area contributed by atoms with E-state index in [2.05, 4.69) is 48.5 Å². The zero-order valence-electron chi connectivity index (χ0n) is 21.8. The topological polar surface area (TPSA) is 17.1 Å². The number of carbonyl (C=O) groups excluding carboxylic acids is 1. The molecule has 5 saturated carbocycles. The van der Waals surface area contributed by atoms with Gasteiger partial charge in [0.15, 0.2) is 0 Å². The van der Waals surface area contributed by atoms with Crippen molar-refractivity contribution in [2.45, 2.75) is 126 Å². The van der Waals surface area contributed by atoms with Crippen molar-refractivity contribution in [3.63, 3.8) is 0 Å². The molecule has 0 aromatic rings. The number of hydrogen-bond acceptors (Lipinski definition) is 1. The first-order valence-electron chi connectivity index (χ1n) is 14.0. The van der Waals surface area contributed by atoms with Gasteiger partial charge < -0.3 is 0 Å². The summed E-state index contributed by atoms with van der Waals surface area (Å²) in [6, 6.07) is 0. The van der Waals surface area contributed by atoms with E-state index in [1.165, 1.54) is 70.6 Å². The van der Waals surface area contributed by atoms with Gasteiger partial charge in [-0.15, -0.1) is 0 Å². The van der Waals surface area contributed by atoms with Crippen LogP contribution in [-0.4, -0.2) is 5.78 Å². The summed E-state index contributed by atoms with van der Waals surface area (Å²) < 4.78 is 0. The standard InChI is InChI=1S/C30H50O/c1-20(2)9-8-10-21(3)22-13-15-28(7)24-12-11-23-26(4,5)25(31)14-16-29(23)19-30(24,29)18-17-27(22,28)6/h20-24H,8-19H2,1-7H3/t21-,22-,23?,24+,27-,28+,29-,30?/m1/s1. The van der Waals surface area contributed by atoms with E-state index < -0.39 is 0 Å². The fraction of sp³-hybridized carbons (Fsp3) is 0.967. The minimum atomic E-state index is -0.0719. The van der Waals surface area contributed by atoms with Crippen LogP contribution in [-0.2, 0) is 4.79 Å². The lowest BCUT2D eigenvalue weighted by Gasteiger charge is -2.62. The highest BCUT2D eigenvalue weighted by Gasteiger charge is 2.82. The third-order valence-corrected chi connectivity index (χ3v) is 13.0. The zero-order valence-corrected chi connectivity index (χ0v) is 21.8. The van der Waals surface area contributed by atoms with Crippen LogP contribution in [0.25, 0.3) is 0 Å². The van der Waals surface area contributed by atoms with E-state index in [0.29, 0.717) is 33.4 Å². The molecule has 0 radical (unpaired) electrons. The Kier molecular flexibility index (Phi) is 4.96. The maximum absolute atomic E-state index is 12.8. The number of carbonyl (C=O) groups is 1. The maximum Gasteiger partial charge on any atom is 0.138 e. The van der Waals surface area contributed by atoms with Crippen LogP contribution in [0.15, 0.2) is 0 Å². The summed E-state index contributed by atoms with van der Waals surface area (Å²) in [5.41, 5.74) is 2.12. The Bertz CT molecular complexity index is 750. The SMILES string of the molecule is CC(C)CCC[C@@H](C)[C@H]1CC[C@@]2(C)[C@@H]3CCC4C(C)(C)C(=O)CC[C@@]45CC35CC[C@]12C. The predicted octanol–water partition coefficient (Wildman–Crippen LogP) is 8.46. The van der Waals surface area contributed by atoms with Crippen LogP contribution in [0.4, 0.5) is 0 Å². The molecular weight excluding hydrogens is 376 g/mol. The van der Waals surface area contributed by atoms with E-state index in [-0.39, 0.29) is 5.41 Å². The van der Waals surface area contributed by atoms with Crippen LogP contribution in [0.2, 0.25) is 0 Å². The second-order valence-corrected chi connectivity index (χ2v) is 14.6. The van der Waals surface area contributed by atoms with Crippen LogP contribution < -0.4 is 0 Å². The highest BCUT2D eigenvalue weighted by molar-refractivity contribution is 5.86. The second kappa shape index (κ2) is 6.85. The zero-order chi connectivity index (χ0) is 22.4. The maximum atomic E-state index is 12.8. The molecule has 0 amide bonds.